The van der Waals surface area contributed by atoms with Crippen molar-refractivity contribution in [3.63, 3.8) is 0 Å². The number of rotatable bonds is 6. The lowest BCUT2D eigenvalue weighted by Gasteiger charge is -2.38. The van der Waals surface area contributed by atoms with Crippen LogP contribution in [0.5, 0.6) is 11.5 Å². The summed E-state index contributed by atoms with van der Waals surface area (Å²) in [4.78, 5) is 15.2. The molecule has 1 atom stereocenters. The van der Waals surface area contributed by atoms with E-state index < -0.39 is 0 Å². The summed E-state index contributed by atoms with van der Waals surface area (Å²) in [5.41, 5.74) is 2.22. The van der Waals surface area contributed by atoms with Crippen LogP contribution in [0.25, 0.3) is 0 Å². The molecule has 0 aliphatic carbocycles. The average molecular weight is 425 g/mol. The van der Waals surface area contributed by atoms with E-state index >= 15 is 0 Å². The van der Waals surface area contributed by atoms with Gasteiger partial charge in [0.15, 0.2) is 0 Å². The van der Waals surface area contributed by atoms with Crippen LogP contribution in [0.3, 0.4) is 0 Å². The molecular weight excluding hydrogens is 392 g/mol. The van der Waals surface area contributed by atoms with Gasteiger partial charge in [0.25, 0.3) is 0 Å². The van der Waals surface area contributed by atoms with Gasteiger partial charge in [-0.1, -0.05) is 30.3 Å². The summed E-state index contributed by atoms with van der Waals surface area (Å²) in [6.07, 6.45) is 3.72. The highest BCUT2D eigenvalue weighted by Gasteiger charge is 2.37. The first-order chi connectivity index (χ1) is 15.2. The summed E-state index contributed by atoms with van der Waals surface area (Å²) in [6, 6.07) is 16.3. The van der Waals surface area contributed by atoms with E-state index in [2.05, 4.69) is 29.6 Å². The van der Waals surface area contributed by atoms with E-state index in [1.807, 2.05) is 29.2 Å². The van der Waals surface area contributed by atoms with Crippen LogP contribution in [0.4, 0.5) is 4.79 Å². The lowest BCUT2D eigenvalue weighted by atomic mass is 9.74. The summed E-state index contributed by atoms with van der Waals surface area (Å²) in [5.74, 6) is 1.51. The summed E-state index contributed by atoms with van der Waals surface area (Å²) < 4.78 is 16.6. The number of amides is 2. The Morgan fingerprint density at radius 2 is 1.90 bits per heavy atom. The van der Waals surface area contributed by atoms with Crippen LogP contribution >= 0.6 is 0 Å². The predicted octanol–water partition coefficient (Wildman–Crippen LogP) is 4.30. The first-order valence-corrected chi connectivity index (χ1v) is 11.1. The third-order valence-corrected chi connectivity index (χ3v) is 6.73. The maximum Gasteiger partial charge on any atom is 0.317 e. The van der Waals surface area contributed by atoms with Crippen molar-refractivity contribution in [2.75, 3.05) is 40.5 Å². The third kappa shape index (κ3) is 4.49. The molecule has 2 aromatic carbocycles. The maximum absolute atomic E-state index is 13.3. The van der Waals surface area contributed by atoms with Crippen LogP contribution in [0.2, 0.25) is 0 Å². The Bertz CT molecular complexity index is 880. The van der Waals surface area contributed by atoms with Crippen LogP contribution in [-0.4, -0.2) is 51.5 Å². The molecule has 166 valence electrons. The highest BCUT2D eigenvalue weighted by molar-refractivity contribution is 5.75. The number of hydrogen-bond donors (Lipinski definition) is 1. The van der Waals surface area contributed by atoms with Gasteiger partial charge in [0.2, 0.25) is 0 Å². The molecular formula is C25H32N2O4. The Morgan fingerprint density at radius 1 is 1.13 bits per heavy atom. The lowest BCUT2D eigenvalue weighted by molar-refractivity contribution is 0.0500. The zero-order valence-electron chi connectivity index (χ0n) is 18.4. The standard InChI is InChI=1S/C25H32N2O4/c1-29-20-10-11-21(23(17-20)30-2)22-9-6-14-27(22)24(28)26-18-25(12-15-31-16-13-25)19-7-4-3-5-8-19/h3-5,7-8,10-11,17,22H,6,9,12-16,18H2,1-2H3,(H,26,28). The van der Waals surface area contributed by atoms with E-state index in [0.29, 0.717) is 6.54 Å². The van der Waals surface area contributed by atoms with Crippen molar-refractivity contribution in [2.45, 2.75) is 37.1 Å². The molecule has 6 heteroatoms. The monoisotopic (exact) mass is 424 g/mol. The molecule has 0 bridgehead atoms. The van der Waals surface area contributed by atoms with Gasteiger partial charge in [-0.3, -0.25) is 0 Å². The Labute approximate surface area is 184 Å². The van der Waals surface area contributed by atoms with Crippen molar-refractivity contribution >= 4 is 6.03 Å². The molecule has 0 spiro atoms. The van der Waals surface area contributed by atoms with Crippen LogP contribution < -0.4 is 14.8 Å². The number of carbonyl (C=O) groups is 1. The van der Waals surface area contributed by atoms with Gasteiger partial charge in [0.1, 0.15) is 11.5 Å². The number of ether oxygens (including phenoxy) is 3. The minimum absolute atomic E-state index is 0.00298. The van der Waals surface area contributed by atoms with Crippen LogP contribution in [0.15, 0.2) is 48.5 Å². The van der Waals surface area contributed by atoms with Crippen molar-refractivity contribution in [1.29, 1.82) is 0 Å². The number of nitrogens with zero attached hydrogens (tertiary/aromatic N) is 1. The minimum Gasteiger partial charge on any atom is -0.497 e. The Balaban J connectivity index is 1.50. The SMILES string of the molecule is COc1ccc(C2CCCN2C(=O)NCC2(c3ccccc3)CCOCC2)c(OC)c1. The number of nitrogens with one attached hydrogen (secondary N) is 1. The second-order valence-corrected chi connectivity index (χ2v) is 8.38. The lowest BCUT2D eigenvalue weighted by Crippen LogP contribution is -2.48. The van der Waals surface area contributed by atoms with Gasteiger partial charge in [0, 0.05) is 43.3 Å². The molecule has 0 aromatic heterocycles. The number of benzene rings is 2. The average Bonchev–Trinajstić information content (AvgIpc) is 3.33. The second-order valence-electron chi connectivity index (χ2n) is 8.38. The van der Waals surface area contributed by atoms with Crippen molar-refractivity contribution in [1.82, 2.24) is 10.2 Å². The predicted molar refractivity (Wildman–Crippen MR) is 120 cm³/mol. The Hall–Kier alpha value is -2.73. The van der Waals surface area contributed by atoms with E-state index in [4.69, 9.17) is 14.2 Å². The highest BCUT2D eigenvalue weighted by Crippen LogP contribution is 2.39. The summed E-state index contributed by atoms with van der Waals surface area (Å²) in [6.45, 7) is 2.80. The fourth-order valence-corrected chi connectivity index (χ4v) is 4.89. The molecule has 2 aliphatic heterocycles. The van der Waals surface area contributed by atoms with E-state index in [1.54, 1.807) is 14.2 Å². The molecule has 0 saturated carbocycles. The van der Waals surface area contributed by atoms with Crippen LogP contribution in [0.1, 0.15) is 42.9 Å². The molecule has 2 aliphatic rings. The summed E-state index contributed by atoms with van der Waals surface area (Å²) in [7, 11) is 3.30. The largest absolute Gasteiger partial charge is 0.497 e. The number of urea groups is 1. The van der Waals surface area contributed by atoms with E-state index in [0.717, 1.165) is 62.5 Å². The van der Waals surface area contributed by atoms with E-state index in [-0.39, 0.29) is 17.5 Å². The van der Waals surface area contributed by atoms with Gasteiger partial charge in [-0.2, -0.15) is 0 Å². The van der Waals surface area contributed by atoms with Crippen LogP contribution in [0, 0.1) is 0 Å². The quantitative estimate of drug-likeness (QED) is 0.751. The third-order valence-electron chi connectivity index (χ3n) is 6.73. The number of methoxy groups -OCH3 is 2. The molecule has 4 rings (SSSR count). The highest BCUT2D eigenvalue weighted by atomic mass is 16.5. The van der Waals surface area contributed by atoms with E-state index in [9.17, 15) is 4.79 Å². The van der Waals surface area contributed by atoms with Crippen molar-refractivity contribution in [3.8, 4) is 11.5 Å². The number of carbonyl (C=O) groups excluding carboxylic acids is 1. The van der Waals surface area contributed by atoms with Gasteiger partial charge in [-0.05, 0) is 43.4 Å². The molecule has 2 amide bonds. The number of likely N-dealkylation sites (tertiary alicyclic amines) is 1. The summed E-state index contributed by atoms with van der Waals surface area (Å²) in [5, 5.41) is 3.26. The molecule has 6 nitrogen and oxygen atoms in total. The zero-order chi connectivity index (χ0) is 21.7. The molecule has 1 N–H and O–H groups in total. The Kier molecular flexibility index (Phi) is 6.66. The minimum atomic E-state index is -0.0812. The first-order valence-electron chi connectivity index (χ1n) is 11.1. The van der Waals surface area contributed by atoms with Gasteiger partial charge >= 0.3 is 6.03 Å². The molecule has 2 saturated heterocycles. The van der Waals surface area contributed by atoms with Crippen molar-refractivity contribution < 1.29 is 19.0 Å². The van der Waals surface area contributed by atoms with Gasteiger partial charge < -0.3 is 24.4 Å². The van der Waals surface area contributed by atoms with E-state index in [1.165, 1.54) is 5.56 Å². The maximum atomic E-state index is 13.3. The fourth-order valence-electron chi connectivity index (χ4n) is 4.89. The second kappa shape index (κ2) is 9.60. The number of hydrogen-bond acceptors (Lipinski definition) is 4. The summed E-state index contributed by atoms with van der Waals surface area (Å²) >= 11 is 0. The van der Waals surface area contributed by atoms with Gasteiger partial charge in [-0.15, -0.1) is 0 Å². The normalized spacial score (nSPS) is 20.3. The fraction of sp³-hybridized carbons (Fsp3) is 0.480. The molecule has 2 heterocycles. The van der Waals surface area contributed by atoms with Crippen LogP contribution in [-0.2, 0) is 10.2 Å². The molecule has 31 heavy (non-hydrogen) atoms. The molecule has 2 aromatic rings. The first kappa shape index (κ1) is 21.5. The van der Waals surface area contributed by atoms with Gasteiger partial charge in [0.05, 0.1) is 20.3 Å². The van der Waals surface area contributed by atoms with Gasteiger partial charge in [-0.25, -0.2) is 4.79 Å². The Morgan fingerprint density at radius 3 is 2.61 bits per heavy atom. The van der Waals surface area contributed by atoms with Crippen molar-refractivity contribution in [2.24, 2.45) is 0 Å². The topological polar surface area (TPSA) is 60.0 Å². The zero-order valence-corrected chi connectivity index (χ0v) is 18.4. The molecule has 1 unspecified atom stereocenters. The molecule has 0 radical (unpaired) electrons. The van der Waals surface area contributed by atoms with Crippen molar-refractivity contribution in [3.05, 3.63) is 59.7 Å². The smallest absolute Gasteiger partial charge is 0.317 e. The molecule has 2 fully saturated rings.